The SMILES string of the molecule is CCCN(C(=O)C1C2CCCCC21)C1CCNC1. The summed E-state index contributed by atoms with van der Waals surface area (Å²) in [7, 11) is 0. The molecule has 3 fully saturated rings. The van der Waals surface area contributed by atoms with Crippen LogP contribution in [-0.4, -0.2) is 36.5 Å². The zero-order valence-corrected chi connectivity index (χ0v) is 11.5. The number of carbonyl (C=O) groups is 1. The highest BCUT2D eigenvalue weighted by Crippen LogP contribution is 2.56. The molecule has 3 aliphatic rings. The maximum Gasteiger partial charge on any atom is 0.226 e. The van der Waals surface area contributed by atoms with Crippen LogP contribution in [0.1, 0.15) is 45.4 Å². The van der Waals surface area contributed by atoms with E-state index in [1.807, 2.05) is 0 Å². The summed E-state index contributed by atoms with van der Waals surface area (Å²) in [5, 5.41) is 3.39. The van der Waals surface area contributed by atoms with Crippen molar-refractivity contribution < 1.29 is 4.79 Å². The number of amides is 1. The van der Waals surface area contributed by atoms with Crippen molar-refractivity contribution in [3.05, 3.63) is 0 Å². The van der Waals surface area contributed by atoms with Crippen LogP contribution in [-0.2, 0) is 4.79 Å². The number of fused-ring (bicyclic) bond motifs is 1. The summed E-state index contributed by atoms with van der Waals surface area (Å²) >= 11 is 0. The van der Waals surface area contributed by atoms with Crippen molar-refractivity contribution in [1.29, 1.82) is 0 Å². The lowest BCUT2D eigenvalue weighted by Gasteiger charge is -2.28. The Bertz CT molecular complexity index is 300. The number of nitrogens with zero attached hydrogens (tertiary/aromatic N) is 1. The van der Waals surface area contributed by atoms with Gasteiger partial charge in [0.05, 0.1) is 0 Å². The first-order chi connectivity index (χ1) is 8.83. The van der Waals surface area contributed by atoms with Crippen LogP contribution in [0.3, 0.4) is 0 Å². The lowest BCUT2D eigenvalue weighted by Crippen LogP contribution is -2.43. The van der Waals surface area contributed by atoms with Crippen LogP contribution in [0.2, 0.25) is 0 Å². The van der Waals surface area contributed by atoms with Gasteiger partial charge in [0, 0.05) is 25.0 Å². The van der Waals surface area contributed by atoms with E-state index in [-0.39, 0.29) is 0 Å². The Morgan fingerprint density at radius 3 is 2.50 bits per heavy atom. The molecule has 2 aliphatic carbocycles. The molecule has 2 saturated carbocycles. The maximum atomic E-state index is 12.7. The molecule has 1 amide bonds. The van der Waals surface area contributed by atoms with Gasteiger partial charge >= 0.3 is 0 Å². The van der Waals surface area contributed by atoms with E-state index in [0.29, 0.717) is 17.9 Å². The van der Waals surface area contributed by atoms with Gasteiger partial charge in [-0.25, -0.2) is 0 Å². The number of hydrogen-bond acceptors (Lipinski definition) is 2. The molecule has 0 aromatic carbocycles. The van der Waals surface area contributed by atoms with Crippen molar-refractivity contribution in [1.82, 2.24) is 10.2 Å². The zero-order chi connectivity index (χ0) is 12.5. The van der Waals surface area contributed by atoms with Gasteiger partial charge in [-0.05, 0) is 44.1 Å². The van der Waals surface area contributed by atoms with Gasteiger partial charge in [0.25, 0.3) is 0 Å². The first kappa shape index (κ1) is 12.5. The predicted molar refractivity (Wildman–Crippen MR) is 72.2 cm³/mol. The second-order valence-corrected chi connectivity index (χ2v) is 6.32. The van der Waals surface area contributed by atoms with E-state index in [1.165, 1.54) is 25.7 Å². The first-order valence-corrected chi connectivity index (χ1v) is 7.84. The topological polar surface area (TPSA) is 32.3 Å². The highest BCUT2D eigenvalue weighted by molar-refractivity contribution is 5.82. The highest BCUT2D eigenvalue weighted by atomic mass is 16.2. The van der Waals surface area contributed by atoms with E-state index in [4.69, 9.17) is 0 Å². The molecule has 0 spiro atoms. The molecule has 0 aromatic heterocycles. The Morgan fingerprint density at radius 1 is 1.22 bits per heavy atom. The van der Waals surface area contributed by atoms with Crippen molar-refractivity contribution in [3.63, 3.8) is 0 Å². The molecule has 1 N–H and O–H groups in total. The van der Waals surface area contributed by atoms with E-state index in [2.05, 4.69) is 17.1 Å². The lowest BCUT2D eigenvalue weighted by atomic mass is 10.0. The van der Waals surface area contributed by atoms with Gasteiger partial charge in [0.2, 0.25) is 5.91 Å². The van der Waals surface area contributed by atoms with Crippen LogP contribution >= 0.6 is 0 Å². The molecular weight excluding hydrogens is 224 g/mol. The predicted octanol–water partition coefficient (Wildman–Crippen LogP) is 2.02. The third-order valence-electron chi connectivity index (χ3n) is 5.16. The van der Waals surface area contributed by atoms with E-state index in [1.54, 1.807) is 0 Å². The molecule has 102 valence electrons. The van der Waals surface area contributed by atoms with Gasteiger partial charge in [-0.1, -0.05) is 19.8 Å². The number of carbonyl (C=O) groups excluding carboxylic acids is 1. The molecule has 3 atom stereocenters. The van der Waals surface area contributed by atoms with Crippen molar-refractivity contribution in [2.75, 3.05) is 19.6 Å². The second-order valence-electron chi connectivity index (χ2n) is 6.32. The van der Waals surface area contributed by atoms with Gasteiger partial charge in [-0.3, -0.25) is 4.79 Å². The normalized spacial score (nSPS) is 38.3. The Labute approximate surface area is 110 Å². The van der Waals surface area contributed by atoms with E-state index >= 15 is 0 Å². The van der Waals surface area contributed by atoms with Crippen LogP contribution in [0.15, 0.2) is 0 Å². The summed E-state index contributed by atoms with van der Waals surface area (Å²) < 4.78 is 0. The molecule has 1 saturated heterocycles. The van der Waals surface area contributed by atoms with Crippen molar-refractivity contribution in [2.45, 2.75) is 51.5 Å². The molecule has 0 aromatic rings. The Morgan fingerprint density at radius 2 is 1.94 bits per heavy atom. The first-order valence-electron chi connectivity index (χ1n) is 7.84. The Hall–Kier alpha value is -0.570. The third-order valence-corrected chi connectivity index (χ3v) is 5.16. The van der Waals surface area contributed by atoms with Crippen molar-refractivity contribution in [3.8, 4) is 0 Å². The van der Waals surface area contributed by atoms with Gasteiger partial charge in [0.1, 0.15) is 0 Å². The minimum atomic E-state index is 0.402. The van der Waals surface area contributed by atoms with Gasteiger partial charge < -0.3 is 10.2 Å². The second kappa shape index (κ2) is 5.20. The van der Waals surface area contributed by atoms with Crippen molar-refractivity contribution >= 4 is 5.91 Å². The summed E-state index contributed by atoms with van der Waals surface area (Å²) in [5.74, 6) is 2.39. The smallest absolute Gasteiger partial charge is 0.226 e. The number of nitrogens with one attached hydrogen (secondary N) is 1. The molecule has 1 aliphatic heterocycles. The van der Waals surface area contributed by atoms with Gasteiger partial charge in [-0.2, -0.15) is 0 Å². The van der Waals surface area contributed by atoms with E-state index in [9.17, 15) is 4.79 Å². The van der Waals surface area contributed by atoms with Gasteiger partial charge in [0.15, 0.2) is 0 Å². The monoisotopic (exact) mass is 250 g/mol. The zero-order valence-electron chi connectivity index (χ0n) is 11.5. The molecule has 0 radical (unpaired) electrons. The van der Waals surface area contributed by atoms with Crippen molar-refractivity contribution in [2.24, 2.45) is 17.8 Å². The molecule has 3 nitrogen and oxygen atoms in total. The average Bonchev–Trinajstić information content (AvgIpc) is 2.87. The molecule has 3 heteroatoms. The van der Waals surface area contributed by atoms with E-state index < -0.39 is 0 Å². The quantitative estimate of drug-likeness (QED) is 0.828. The fourth-order valence-electron chi connectivity index (χ4n) is 4.17. The summed E-state index contributed by atoms with van der Waals surface area (Å²) in [6, 6.07) is 0.472. The largest absolute Gasteiger partial charge is 0.338 e. The minimum Gasteiger partial charge on any atom is -0.338 e. The maximum absolute atomic E-state index is 12.7. The summed E-state index contributed by atoms with van der Waals surface area (Å²) in [5.41, 5.74) is 0. The lowest BCUT2D eigenvalue weighted by molar-refractivity contribution is -0.135. The number of rotatable bonds is 4. The fourth-order valence-corrected chi connectivity index (χ4v) is 4.17. The molecular formula is C15H26N2O. The molecule has 3 rings (SSSR count). The highest BCUT2D eigenvalue weighted by Gasteiger charge is 2.56. The van der Waals surface area contributed by atoms with Crippen LogP contribution < -0.4 is 5.32 Å². The molecule has 1 heterocycles. The fraction of sp³-hybridized carbons (Fsp3) is 0.933. The molecule has 0 bridgehead atoms. The molecule has 3 unspecified atom stereocenters. The van der Waals surface area contributed by atoms with Crippen LogP contribution in [0.25, 0.3) is 0 Å². The number of hydrogen-bond donors (Lipinski definition) is 1. The minimum absolute atomic E-state index is 0.402. The summed E-state index contributed by atoms with van der Waals surface area (Å²) in [6.45, 7) is 5.23. The summed E-state index contributed by atoms with van der Waals surface area (Å²) in [4.78, 5) is 15.0. The van der Waals surface area contributed by atoms with E-state index in [0.717, 1.165) is 44.3 Å². The van der Waals surface area contributed by atoms with Crippen LogP contribution in [0.4, 0.5) is 0 Å². The Kier molecular flexibility index (Phi) is 3.60. The Balaban J connectivity index is 1.64. The standard InChI is InChI=1S/C15H26N2O/c1-2-9-17(11-7-8-16-10-11)15(18)14-12-5-3-4-6-13(12)14/h11-14,16H,2-10H2,1H3. The average molecular weight is 250 g/mol. The third kappa shape index (κ3) is 2.18. The summed E-state index contributed by atoms with van der Waals surface area (Å²) in [6.07, 6.45) is 7.55. The molecule has 18 heavy (non-hydrogen) atoms. The van der Waals surface area contributed by atoms with Crippen LogP contribution in [0.5, 0.6) is 0 Å². The van der Waals surface area contributed by atoms with Gasteiger partial charge in [-0.15, -0.1) is 0 Å². The van der Waals surface area contributed by atoms with Crippen LogP contribution in [0, 0.1) is 17.8 Å².